The first-order chi connectivity index (χ1) is 9.65. The number of halogens is 1. The number of nitriles is 1. The van der Waals surface area contributed by atoms with Crippen molar-refractivity contribution in [2.45, 2.75) is 10.6 Å². The van der Waals surface area contributed by atoms with Crippen LogP contribution in [0.2, 0.25) is 0 Å². The van der Waals surface area contributed by atoms with Crippen LogP contribution in [0.3, 0.4) is 0 Å². The van der Waals surface area contributed by atoms with Crippen LogP contribution in [-0.2, 0) is 16.6 Å². The van der Waals surface area contributed by atoms with Crippen molar-refractivity contribution in [3.05, 3.63) is 59.4 Å². The zero-order valence-electron chi connectivity index (χ0n) is 10.8. The zero-order chi connectivity index (χ0) is 14.5. The molecule has 0 amide bonds. The monoisotopic (exact) mass is 289 g/mol. The Bertz CT molecular complexity index is 695. The second kappa shape index (κ2) is 6.31. The summed E-state index contributed by atoms with van der Waals surface area (Å²) in [6.07, 6.45) is 0. The second-order valence-corrected chi connectivity index (χ2v) is 5.49. The van der Waals surface area contributed by atoms with Crippen LogP contribution in [0.25, 0.3) is 0 Å². The molecule has 102 valence electrons. The molecule has 2 aromatic carbocycles. The van der Waals surface area contributed by atoms with Gasteiger partial charge >= 0.3 is 0 Å². The number of rotatable bonds is 4. The molecule has 0 fully saturated rings. The van der Waals surface area contributed by atoms with Crippen molar-refractivity contribution in [3.8, 4) is 11.8 Å². The van der Waals surface area contributed by atoms with Gasteiger partial charge in [-0.2, -0.15) is 5.26 Å². The van der Waals surface area contributed by atoms with Crippen LogP contribution in [0, 0.1) is 17.1 Å². The van der Waals surface area contributed by atoms with E-state index in [1.807, 2.05) is 0 Å². The van der Waals surface area contributed by atoms with E-state index in [9.17, 15) is 8.60 Å². The van der Waals surface area contributed by atoms with Crippen molar-refractivity contribution in [1.82, 2.24) is 0 Å². The Kier molecular flexibility index (Phi) is 4.49. The van der Waals surface area contributed by atoms with E-state index in [1.165, 1.54) is 25.3 Å². The summed E-state index contributed by atoms with van der Waals surface area (Å²) in [7, 11) is 0.196. The van der Waals surface area contributed by atoms with E-state index in [0.29, 0.717) is 16.2 Å². The molecule has 0 radical (unpaired) electrons. The standard InChI is InChI=1S/C15H12FNO2S/c1-19-14-4-2-3-5-15(14)20(18)10-11-6-7-13(16)12(8-11)9-17/h2-8H,10H2,1H3. The Balaban J connectivity index is 2.26. The Morgan fingerprint density at radius 3 is 2.75 bits per heavy atom. The summed E-state index contributed by atoms with van der Waals surface area (Å²) >= 11 is 0. The van der Waals surface area contributed by atoms with E-state index >= 15 is 0 Å². The maximum absolute atomic E-state index is 13.2. The number of para-hydroxylation sites is 1. The number of hydrogen-bond donors (Lipinski definition) is 0. The number of nitrogens with zero attached hydrogens (tertiary/aromatic N) is 1. The van der Waals surface area contributed by atoms with Crippen LogP contribution >= 0.6 is 0 Å². The van der Waals surface area contributed by atoms with Gasteiger partial charge in [-0.25, -0.2) is 4.39 Å². The summed E-state index contributed by atoms with van der Waals surface area (Å²) in [5.74, 6) is 0.183. The lowest BCUT2D eigenvalue weighted by Gasteiger charge is -2.08. The van der Waals surface area contributed by atoms with Gasteiger partial charge in [-0.05, 0) is 29.8 Å². The molecule has 0 N–H and O–H groups in total. The quantitative estimate of drug-likeness (QED) is 0.869. The highest BCUT2D eigenvalue weighted by Crippen LogP contribution is 2.23. The van der Waals surface area contributed by atoms with Crippen LogP contribution in [0.15, 0.2) is 47.4 Å². The molecular formula is C15H12FNO2S. The summed E-state index contributed by atoms with van der Waals surface area (Å²) in [6, 6.07) is 13.0. The summed E-state index contributed by atoms with van der Waals surface area (Å²) < 4.78 is 30.7. The number of ether oxygens (including phenoxy) is 1. The molecule has 0 aliphatic heterocycles. The fourth-order valence-corrected chi connectivity index (χ4v) is 3.03. The highest BCUT2D eigenvalue weighted by atomic mass is 32.2. The normalized spacial score (nSPS) is 11.7. The maximum atomic E-state index is 13.2. The second-order valence-electron chi connectivity index (χ2n) is 4.07. The average Bonchev–Trinajstić information content (AvgIpc) is 2.49. The molecule has 0 heterocycles. The predicted molar refractivity (Wildman–Crippen MR) is 74.2 cm³/mol. The Labute approximate surface area is 119 Å². The molecule has 0 saturated carbocycles. The smallest absolute Gasteiger partial charge is 0.140 e. The van der Waals surface area contributed by atoms with Crippen LogP contribution in [-0.4, -0.2) is 11.3 Å². The molecule has 0 bridgehead atoms. The summed E-state index contributed by atoms with van der Waals surface area (Å²) in [4.78, 5) is 0.581. The molecule has 0 aromatic heterocycles. The summed E-state index contributed by atoms with van der Waals surface area (Å²) in [6.45, 7) is 0. The summed E-state index contributed by atoms with van der Waals surface area (Å²) in [5, 5.41) is 8.79. The van der Waals surface area contributed by atoms with E-state index in [-0.39, 0.29) is 11.3 Å². The number of hydrogen-bond acceptors (Lipinski definition) is 3. The number of methoxy groups -OCH3 is 1. The van der Waals surface area contributed by atoms with Gasteiger partial charge in [0.25, 0.3) is 0 Å². The third kappa shape index (κ3) is 3.03. The Morgan fingerprint density at radius 2 is 2.05 bits per heavy atom. The molecule has 20 heavy (non-hydrogen) atoms. The molecule has 3 nitrogen and oxygen atoms in total. The van der Waals surface area contributed by atoms with E-state index in [4.69, 9.17) is 10.00 Å². The molecule has 1 unspecified atom stereocenters. The maximum Gasteiger partial charge on any atom is 0.140 e. The molecule has 0 saturated heterocycles. The van der Waals surface area contributed by atoms with Crippen molar-refractivity contribution in [1.29, 1.82) is 5.26 Å². The molecule has 0 spiro atoms. The molecule has 2 aromatic rings. The zero-order valence-corrected chi connectivity index (χ0v) is 11.6. The fourth-order valence-electron chi connectivity index (χ4n) is 1.78. The number of benzene rings is 2. The molecule has 1 atom stereocenters. The van der Waals surface area contributed by atoms with Gasteiger partial charge in [0.15, 0.2) is 0 Å². The van der Waals surface area contributed by atoms with Crippen molar-refractivity contribution in [3.63, 3.8) is 0 Å². The Morgan fingerprint density at radius 1 is 1.30 bits per heavy atom. The van der Waals surface area contributed by atoms with Crippen LogP contribution in [0.4, 0.5) is 4.39 Å². The van der Waals surface area contributed by atoms with Crippen LogP contribution < -0.4 is 4.74 Å². The first-order valence-electron chi connectivity index (χ1n) is 5.85. The van der Waals surface area contributed by atoms with E-state index in [0.717, 1.165) is 0 Å². The van der Waals surface area contributed by atoms with Crippen LogP contribution in [0.1, 0.15) is 11.1 Å². The van der Waals surface area contributed by atoms with E-state index < -0.39 is 16.6 Å². The van der Waals surface area contributed by atoms with Gasteiger partial charge in [0.2, 0.25) is 0 Å². The molecule has 5 heteroatoms. The minimum Gasteiger partial charge on any atom is -0.495 e. The van der Waals surface area contributed by atoms with Gasteiger partial charge < -0.3 is 4.74 Å². The van der Waals surface area contributed by atoms with Crippen molar-refractivity contribution >= 4 is 10.8 Å². The third-order valence-corrected chi connectivity index (χ3v) is 4.19. The van der Waals surface area contributed by atoms with Crippen molar-refractivity contribution < 1.29 is 13.3 Å². The topological polar surface area (TPSA) is 50.1 Å². The van der Waals surface area contributed by atoms with Gasteiger partial charge in [0.1, 0.15) is 17.6 Å². The third-order valence-electron chi connectivity index (χ3n) is 2.76. The SMILES string of the molecule is COc1ccccc1S(=O)Cc1ccc(F)c(C#N)c1. The highest BCUT2D eigenvalue weighted by molar-refractivity contribution is 7.84. The van der Waals surface area contributed by atoms with E-state index in [1.54, 1.807) is 30.3 Å². The summed E-state index contributed by atoms with van der Waals surface area (Å²) in [5.41, 5.74) is 0.603. The van der Waals surface area contributed by atoms with E-state index in [2.05, 4.69) is 0 Å². The predicted octanol–water partition coefficient (Wildman–Crippen LogP) is 3.01. The lowest BCUT2D eigenvalue weighted by Crippen LogP contribution is -2.00. The molecule has 2 rings (SSSR count). The minimum atomic E-state index is -1.32. The van der Waals surface area contributed by atoms with Crippen molar-refractivity contribution in [2.24, 2.45) is 0 Å². The van der Waals surface area contributed by atoms with Gasteiger partial charge in [-0.15, -0.1) is 0 Å². The fraction of sp³-hybridized carbons (Fsp3) is 0.133. The van der Waals surface area contributed by atoms with Gasteiger partial charge in [-0.3, -0.25) is 4.21 Å². The average molecular weight is 289 g/mol. The van der Waals surface area contributed by atoms with Crippen LogP contribution in [0.5, 0.6) is 5.75 Å². The highest BCUT2D eigenvalue weighted by Gasteiger charge is 2.12. The lowest BCUT2D eigenvalue weighted by molar-refractivity contribution is 0.404. The van der Waals surface area contributed by atoms with Crippen molar-refractivity contribution in [2.75, 3.05) is 7.11 Å². The first-order valence-corrected chi connectivity index (χ1v) is 7.17. The molecule has 0 aliphatic rings. The molecular weight excluding hydrogens is 277 g/mol. The largest absolute Gasteiger partial charge is 0.495 e. The van der Waals surface area contributed by atoms with Gasteiger partial charge in [0.05, 0.1) is 34.1 Å². The minimum absolute atomic E-state index is 0.0421. The lowest BCUT2D eigenvalue weighted by atomic mass is 10.1. The first kappa shape index (κ1) is 14.2. The van der Waals surface area contributed by atoms with Gasteiger partial charge in [-0.1, -0.05) is 18.2 Å². The Hall–Kier alpha value is -2.19. The van der Waals surface area contributed by atoms with Gasteiger partial charge in [0, 0.05) is 0 Å². The molecule has 0 aliphatic carbocycles.